The van der Waals surface area contributed by atoms with Crippen LogP contribution in [0.1, 0.15) is 31.6 Å². The van der Waals surface area contributed by atoms with E-state index in [4.69, 9.17) is 9.68 Å². The summed E-state index contributed by atoms with van der Waals surface area (Å²) in [7, 11) is 1.71. The summed E-state index contributed by atoms with van der Waals surface area (Å²) in [6.45, 7) is 4.81. The van der Waals surface area contributed by atoms with Gasteiger partial charge in [-0.15, -0.1) is 0 Å². The zero-order chi connectivity index (χ0) is 15.9. The number of nitriles is 1. The van der Waals surface area contributed by atoms with Crippen molar-refractivity contribution in [2.75, 3.05) is 33.2 Å². The molecule has 22 heavy (non-hydrogen) atoms. The third-order valence-electron chi connectivity index (χ3n) is 4.01. The Morgan fingerprint density at radius 1 is 1.55 bits per heavy atom. The number of nitrogens with zero attached hydrogens (tertiary/aromatic N) is 3. The molecule has 1 aromatic rings. The highest BCUT2D eigenvalue weighted by atomic mass is 16.3. The van der Waals surface area contributed by atoms with Crippen molar-refractivity contribution in [3.05, 3.63) is 24.2 Å². The maximum Gasteiger partial charge on any atom is 0.317 e. The van der Waals surface area contributed by atoms with Crippen molar-refractivity contribution in [2.24, 2.45) is 5.92 Å². The highest BCUT2D eigenvalue weighted by Crippen LogP contribution is 2.24. The lowest BCUT2D eigenvalue weighted by Gasteiger charge is -2.27. The van der Waals surface area contributed by atoms with E-state index in [-0.39, 0.29) is 18.0 Å². The molecule has 6 nitrogen and oxygen atoms in total. The van der Waals surface area contributed by atoms with Crippen LogP contribution in [0.2, 0.25) is 0 Å². The molecular formula is C16H24N4O2. The van der Waals surface area contributed by atoms with Crippen molar-refractivity contribution in [2.45, 2.75) is 25.8 Å². The summed E-state index contributed by atoms with van der Waals surface area (Å²) in [4.78, 5) is 16.0. The van der Waals surface area contributed by atoms with E-state index in [1.807, 2.05) is 12.1 Å². The Bertz CT molecular complexity index is 503. The number of amides is 2. The van der Waals surface area contributed by atoms with E-state index in [1.165, 1.54) is 12.8 Å². The van der Waals surface area contributed by atoms with Crippen LogP contribution in [0.4, 0.5) is 4.79 Å². The van der Waals surface area contributed by atoms with Gasteiger partial charge in [0.1, 0.15) is 5.76 Å². The Balaban J connectivity index is 1.91. The minimum absolute atomic E-state index is 0.0724. The van der Waals surface area contributed by atoms with Crippen molar-refractivity contribution in [3.8, 4) is 6.07 Å². The summed E-state index contributed by atoms with van der Waals surface area (Å²) in [6.07, 6.45) is 4.04. The Morgan fingerprint density at radius 3 is 2.86 bits per heavy atom. The van der Waals surface area contributed by atoms with E-state index < -0.39 is 0 Å². The van der Waals surface area contributed by atoms with Gasteiger partial charge in [-0.1, -0.05) is 0 Å². The number of carbonyl (C=O) groups excluding carboxylic acids is 1. The van der Waals surface area contributed by atoms with E-state index in [9.17, 15) is 4.79 Å². The molecule has 0 aromatic carbocycles. The van der Waals surface area contributed by atoms with E-state index in [0.717, 1.165) is 18.8 Å². The molecule has 1 aromatic heterocycles. The average molecular weight is 304 g/mol. The average Bonchev–Trinajstić information content (AvgIpc) is 3.20. The second kappa shape index (κ2) is 7.85. The van der Waals surface area contributed by atoms with Crippen LogP contribution in [0.5, 0.6) is 0 Å². The minimum Gasteiger partial charge on any atom is -0.468 e. The molecule has 0 radical (unpaired) electrons. The third kappa shape index (κ3) is 4.25. The van der Waals surface area contributed by atoms with Crippen LogP contribution >= 0.6 is 0 Å². The maximum absolute atomic E-state index is 12.1. The third-order valence-corrected chi connectivity index (χ3v) is 4.01. The topological polar surface area (TPSA) is 72.5 Å². The summed E-state index contributed by atoms with van der Waals surface area (Å²) in [5, 5.41) is 11.8. The molecule has 2 atom stereocenters. The lowest BCUT2D eigenvalue weighted by Crippen LogP contribution is -2.43. The molecule has 1 aliphatic heterocycles. The fourth-order valence-corrected chi connectivity index (χ4v) is 2.80. The van der Waals surface area contributed by atoms with Gasteiger partial charge in [0.15, 0.2) is 0 Å². The van der Waals surface area contributed by atoms with E-state index in [2.05, 4.69) is 16.3 Å². The van der Waals surface area contributed by atoms with Gasteiger partial charge in [-0.25, -0.2) is 4.79 Å². The molecule has 120 valence electrons. The van der Waals surface area contributed by atoms with Crippen molar-refractivity contribution >= 4 is 6.03 Å². The smallest absolute Gasteiger partial charge is 0.317 e. The predicted molar refractivity (Wildman–Crippen MR) is 83.1 cm³/mol. The first kappa shape index (κ1) is 16.4. The largest absolute Gasteiger partial charge is 0.468 e. The summed E-state index contributed by atoms with van der Waals surface area (Å²) < 4.78 is 5.53. The zero-order valence-corrected chi connectivity index (χ0v) is 13.3. The van der Waals surface area contributed by atoms with E-state index >= 15 is 0 Å². The van der Waals surface area contributed by atoms with Gasteiger partial charge >= 0.3 is 6.03 Å². The van der Waals surface area contributed by atoms with Gasteiger partial charge in [0.25, 0.3) is 0 Å². The number of likely N-dealkylation sites (tertiary alicyclic amines) is 1. The zero-order valence-electron chi connectivity index (χ0n) is 13.3. The van der Waals surface area contributed by atoms with E-state index in [0.29, 0.717) is 13.1 Å². The highest BCUT2D eigenvalue weighted by molar-refractivity contribution is 5.73. The molecule has 2 rings (SSSR count). The molecule has 0 bridgehead atoms. The van der Waals surface area contributed by atoms with Gasteiger partial charge in [-0.2, -0.15) is 5.26 Å². The van der Waals surface area contributed by atoms with Gasteiger partial charge < -0.3 is 14.6 Å². The first-order valence-electron chi connectivity index (χ1n) is 7.78. The first-order valence-corrected chi connectivity index (χ1v) is 7.78. The maximum atomic E-state index is 12.1. The minimum atomic E-state index is -0.171. The Kier molecular flexibility index (Phi) is 5.84. The predicted octanol–water partition coefficient (Wildman–Crippen LogP) is 2.22. The Morgan fingerprint density at radius 2 is 2.27 bits per heavy atom. The number of rotatable bonds is 6. The molecule has 2 unspecified atom stereocenters. The number of urea groups is 1. The number of nitrogens with one attached hydrogen (secondary N) is 1. The summed E-state index contributed by atoms with van der Waals surface area (Å²) in [6, 6.07) is 5.89. The molecule has 2 heterocycles. The van der Waals surface area contributed by atoms with Crippen LogP contribution in [0, 0.1) is 17.2 Å². The van der Waals surface area contributed by atoms with Gasteiger partial charge in [-0.3, -0.25) is 4.90 Å². The number of carbonyl (C=O) groups is 1. The van der Waals surface area contributed by atoms with Crippen LogP contribution in [0.15, 0.2) is 22.8 Å². The molecule has 1 N–H and O–H groups in total. The normalized spacial score (nSPS) is 17.7. The monoisotopic (exact) mass is 304 g/mol. The molecule has 1 saturated heterocycles. The van der Waals surface area contributed by atoms with Crippen molar-refractivity contribution in [1.29, 1.82) is 5.26 Å². The second-order valence-corrected chi connectivity index (χ2v) is 5.87. The van der Waals surface area contributed by atoms with Gasteiger partial charge in [0, 0.05) is 20.1 Å². The fourth-order valence-electron chi connectivity index (χ4n) is 2.80. The van der Waals surface area contributed by atoms with Crippen molar-refractivity contribution in [1.82, 2.24) is 15.1 Å². The molecule has 1 aliphatic rings. The molecule has 0 spiro atoms. The van der Waals surface area contributed by atoms with Crippen LogP contribution in [-0.2, 0) is 0 Å². The molecule has 1 fully saturated rings. The molecule has 2 amide bonds. The van der Waals surface area contributed by atoms with Crippen LogP contribution in [-0.4, -0.2) is 49.1 Å². The second-order valence-electron chi connectivity index (χ2n) is 5.87. The Hall–Kier alpha value is -2.00. The number of furan rings is 1. The molecule has 6 heteroatoms. The summed E-state index contributed by atoms with van der Waals surface area (Å²) in [5.74, 6) is 0.713. The van der Waals surface area contributed by atoms with Crippen LogP contribution < -0.4 is 5.32 Å². The summed E-state index contributed by atoms with van der Waals surface area (Å²) >= 11 is 0. The van der Waals surface area contributed by atoms with Crippen molar-refractivity contribution < 1.29 is 9.21 Å². The van der Waals surface area contributed by atoms with Gasteiger partial charge in [0.2, 0.25) is 0 Å². The Labute approximate surface area is 131 Å². The molecular weight excluding hydrogens is 280 g/mol. The lowest BCUT2D eigenvalue weighted by atomic mass is 10.2. The number of hydrogen-bond donors (Lipinski definition) is 1. The number of hydrogen-bond acceptors (Lipinski definition) is 4. The lowest BCUT2D eigenvalue weighted by molar-refractivity contribution is 0.186. The summed E-state index contributed by atoms with van der Waals surface area (Å²) in [5.41, 5.74) is 0. The van der Waals surface area contributed by atoms with Gasteiger partial charge in [0.05, 0.1) is 24.3 Å². The van der Waals surface area contributed by atoms with E-state index in [1.54, 1.807) is 25.1 Å². The quantitative estimate of drug-likeness (QED) is 0.874. The fraction of sp³-hybridized carbons (Fsp3) is 0.625. The molecule has 0 saturated carbocycles. The first-order chi connectivity index (χ1) is 10.6. The van der Waals surface area contributed by atoms with Crippen LogP contribution in [0.3, 0.4) is 0 Å². The standard InChI is InChI=1S/C16H24N4O2/c1-13(10-17)12-19(2)16(21)18-11-14(15-6-5-9-22-15)20-7-3-4-8-20/h5-6,9,13-14H,3-4,7-8,11-12H2,1-2H3,(H,18,21). The SMILES string of the molecule is CC(C#N)CN(C)C(=O)NCC(c1ccco1)N1CCCC1. The van der Waals surface area contributed by atoms with Crippen molar-refractivity contribution in [3.63, 3.8) is 0 Å². The van der Waals surface area contributed by atoms with Gasteiger partial charge in [-0.05, 0) is 45.0 Å². The highest BCUT2D eigenvalue weighted by Gasteiger charge is 2.26. The molecule has 0 aliphatic carbocycles. The van der Waals surface area contributed by atoms with Crippen LogP contribution in [0.25, 0.3) is 0 Å².